The number of anilines is 1. The Bertz CT molecular complexity index is 463. The second-order valence-corrected chi connectivity index (χ2v) is 6.56. The molecular formula is C12H19NO3S. The topological polar surface area (TPSA) is 66.4 Å². The Hall–Kier alpha value is -1.07. The van der Waals surface area contributed by atoms with Gasteiger partial charge in [-0.15, -0.1) is 0 Å². The molecule has 1 rings (SSSR count). The van der Waals surface area contributed by atoms with E-state index in [1.54, 1.807) is 12.1 Å². The normalized spacial score (nSPS) is 12.5. The first-order valence-electron chi connectivity index (χ1n) is 5.44. The first kappa shape index (κ1) is 14.0. The van der Waals surface area contributed by atoms with Crippen LogP contribution in [0.4, 0.5) is 5.69 Å². The largest absolute Gasteiger partial charge is 0.396 e. The van der Waals surface area contributed by atoms with Gasteiger partial charge in [-0.25, -0.2) is 8.42 Å². The molecule has 0 bridgehead atoms. The molecular weight excluding hydrogens is 238 g/mol. The van der Waals surface area contributed by atoms with E-state index in [2.05, 4.69) is 4.72 Å². The first-order chi connectivity index (χ1) is 7.74. The van der Waals surface area contributed by atoms with Gasteiger partial charge in [-0.05, 0) is 29.5 Å². The zero-order valence-electron chi connectivity index (χ0n) is 10.4. The van der Waals surface area contributed by atoms with E-state index < -0.39 is 10.0 Å². The Kier molecular flexibility index (Phi) is 4.16. The van der Waals surface area contributed by atoms with Crippen LogP contribution in [0.3, 0.4) is 0 Å². The van der Waals surface area contributed by atoms with Gasteiger partial charge in [-0.2, -0.15) is 0 Å². The fourth-order valence-electron chi connectivity index (χ4n) is 1.63. The molecule has 0 amide bonds. The molecule has 0 saturated heterocycles. The molecule has 0 heterocycles. The minimum absolute atomic E-state index is 0.113. The van der Waals surface area contributed by atoms with Gasteiger partial charge in [0.2, 0.25) is 10.0 Å². The van der Waals surface area contributed by atoms with E-state index in [9.17, 15) is 8.42 Å². The second-order valence-electron chi connectivity index (χ2n) is 4.81. The van der Waals surface area contributed by atoms with Crippen molar-refractivity contribution in [3.8, 4) is 0 Å². The molecule has 0 unspecified atom stereocenters. The van der Waals surface area contributed by atoms with E-state index in [0.717, 1.165) is 11.8 Å². The molecule has 0 aliphatic heterocycles. The highest BCUT2D eigenvalue weighted by molar-refractivity contribution is 7.92. The summed E-state index contributed by atoms with van der Waals surface area (Å²) in [6.07, 6.45) is 1.79. The van der Waals surface area contributed by atoms with Gasteiger partial charge in [0.1, 0.15) is 0 Å². The number of hydrogen-bond donors (Lipinski definition) is 2. The molecule has 0 saturated carbocycles. The molecule has 0 aromatic heterocycles. The quantitative estimate of drug-likeness (QED) is 0.844. The summed E-state index contributed by atoms with van der Waals surface area (Å²) in [5.74, 6) is 0. The van der Waals surface area contributed by atoms with Crippen LogP contribution in [0.1, 0.15) is 25.8 Å². The molecule has 5 heteroatoms. The van der Waals surface area contributed by atoms with Gasteiger partial charge in [0, 0.05) is 12.3 Å². The Morgan fingerprint density at radius 2 is 1.76 bits per heavy atom. The summed E-state index contributed by atoms with van der Waals surface area (Å²) >= 11 is 0. The highest BCUT2D eigenvalue weighted by atomic mass is 32.2. The number of sulfonamides is 1. The van der Waals surface area contributed by atoms with Crippen LogP contribution < -0.4 is 4.72 Å². The molecule has 1 aromatic rings. The van der Waals surface area contributed by atoms with Crippen LogP contribution in [0.15, 0.2) is 24.3 Å². The van der Waals surface area contributed by atoms with E-state index in [1.165, 1.54) is 0 Å². The third-order valence-corrected chi connectivity index (χ3v) is 3.31. The van der Waals surface area contributed by atoms with Crippen molar-refractivity contribution < 1.29 is 13.5 Å². The lowest BCUT2D eigenvalue weighted by Crippen LogP contribution is -2.18. The van der Waals surface area contributed by atoms with Crippen molar-refractivity contribution in [2.75, 3.05) is 17.6 Å². The maximum atomic E-state index is 11.0. The Labute approximate surface area is 103 Å². The van der Waals surface area contributed by atoms with Crippen molar-refractivity contribution in [1.29, 1.82) is 0 Å². The van der Waals surface area contributed by atoms with Crippen LogP contribution in [0, 0.1) is 0 Å². The van der Waals surface area contributed by atoms with E-state index in [4.69, 9.17) is 5.11 Å². The third kappa shape index (κ3) is 4.36. The molecule has 0 spiro atoms. The average molecular weight is 257 g/mol. The summed E-state index contributed by atoms with van der Waals surface area (Å²) in [6.45, 7) is 4.22. The van der Waals surface area contributed by atoms with Gasteiger partial charge < -0.3 is 5.11 Å². The second kappa shape index (κ2) is 5.06. The van der Waals surface area contributed by atoms with Gasteiger partial charge in [0.05, 0.1) is 6.26 Å². The highest BCUT2D eigenvalue weighted by Gasteiger charge is 2.19. The van der Waals surface area contributed by atoms with Crippen molar-refractivity contribution in [1.82, 2.24) is 0 Å². The van der Waals surface area contributed by atoms with Crippen molar-refractivity contribution in [2.45, 2.75) is 25.7 Å². The van der Waals surface area contributed by atoms with Crippen molar-refractivity contribution in [3.05, 3.63) is 29.8 Å². The van der Waals surface area contributed by atoms with E-state index in [0.29, 0.717) is 12.1 Å². The maximum Gasteiger partial charge on any atom is 0.229 e. The smallest absolute Gasteiger partial charge is 0.229 e. The molecule has 0 fully saturated rings. The maximum absolute atomic E-state index is 11.0. The Morgan fingerprint density at radius 1 is 1.24 bits per heavy atom. The lowest BCUT2D eigenvalue weighted by Gasteiger charge is -2.24. The van der Waals surface area contributed by atoms with Crippen LogP contribution in [0.25, 0.3) is 0 Å². The lowest BCUT2D eigenvalue weighted by atomic mass is 9.82. The molecule has 0 aliphatic carbocycles. The van der Waals surface area contributed by atoms with Crippen LogP contribution in [0.2, 0.25) is 0 Å². The Morgan fingerprint density at radius 3 is 2.18 bits per heavy atom. The van der Waals surface area contributed by atoms with Gasteiger partial charge >= 0.3 is 0 Å². The predicted molar refractivity (Wildman–Crippen MR) is 69.6 cm³/mol. The summed E-state index contributed by atoms with van der Waals surface area (Å²) < 4.78 is 24.5. The lowest BCUT2D eigenvalue weighted by molar-refractivity contribution is 0.252. The van der Waals surface area contributed by atoms with Gasteiger partial charge in [-0.1, -0.05) is 26.0 Å². The van der Waals surface area contributed by atoms with Gasteiger partial charge in [-0.3, -0.25) is 4.72 Å². The molecule has 1 aromatic carbocycles. The number of rotatable bonds is 5. The standard InChI is InChI=1S/C12H19NO3S/c1-12(2,8-9-14)10-4-6-11(7-5-10)13-17(3,15)16/h4-7,13-14H,8-9H2,1-3H3. The fourth-order valence-corrected chi connectivity index (χ4v) is 2.19. The zero-order valence-corrected chi connectivity index (χ0v) is 11.2. The summed E-state index contributed by atoms with van der Waals surface area (Å²) in [7, 11) is -3.23. The van der Waals surface area contributed by atoms with Crippen LogP contribution in [-0.2, 0) is 15.4 Å². The molecule has 0 aliphatic rings. The van der Waals surface area contributed by atoms with E-state index in [-0.39, 0.29) is 12.0 Å². The summed E-state index contributed by atoms with van der Waals surface area (Å²) in [5, 5.41) is 8.98. The molecule has 96 valence electrons. The van der Waals surface area contributed by atoms with Crippen LogP contribution in [0.5, 0.6) is 0 Å². The van der Waals surface area contributed by atoms with E-state index >= 15 is 0 Å². The summed E-state index contributed by atoms with van der Waals surface area (Å²) in [6, 6.07) is 7.22. The number of aliphatic hydroxyl groups excluding tert-OH is 1. The van der Waals surface area contributed by atoms with Crippen LogP contribution in [-0.4, -0.2) is 26.4 Å². The minimum atomic E-state index is -3.23. The van der Waals surface area contributed by atoms with Gasteiger partial charge in [0.15, 0.2) is 0 Å². The van der Waals surface area contributed by atoms with Crippen molar-refractivity contribution in [3.63, 3.8) is 0 Å². The SMILES string of the molecule is CC(C)(CCO)c1ccc(NS(C)(=O)=O)cc1. The predicted octanol–water partition coefficient (Wildman–Crippen LogP) is 1.72. The summed E-state index contributed by atoms with van der Waals surface area (Å²) in [4.78, 5) is 0. The number of aliphatic hydroxyl groups is 1. The van der Waals surface area contributed by atoms with Crippen LogP contribution >= 0.6 is 0 Å². The zero-order chi connectivity index (χ0) is 13.1. The first-order valence-corrected chi connectivity index (χ1v) is 7.33. The summed E-state index contributed by atoms with van der Waals surface area (Å²) in [5.41, 5.74) is 1.51. The number of benzene rings is 1. The Balaban J connectivity index is 2.88. The number of hydrogen-bond acceptors (Lipinski definition) is 3. The molecule has 17 heavy (non-hydrogen) atoms. The average Bonchev–Trinajstić information content (AvgIpc) is 2.15. The molecule has 0 radical (unpaired) electrons. The fraction of sp³-hybridized carbons (Fsp3) is 0.500. The van der Waals surface area contributed by atoms with Crippen molar-refractivity contribution >= 4 is 15.7 Å². The third-order valence-electron chi connectivity index (χ3n) is 2.71. The van der Waals surface area contributed by atoms with Gasteiger partial charge in [0.25, 0.3) is 0 Å². The van der Waals surface area contributed by atoms with E-state index in [1.807, 2.05) is 26.0 Å². The van der Waals surface area contributed by atoms with Crippen molar-refractivity contribution in [2.24, 2.45) is 0 Å². The monoisotopic (exact) mass is 257 g/mol. The minimum Gasteiger partial charge on any atom is -0.396 e. The molecule has 2 N–H and O–H groups in total. The molecule has 0 atom stereocenters. The molecule has 4 nitrogen and oxygen atoms in total. The highest BCUT2D eigenvalue weighted by Crippen LogP contribution is 2.27. The number of nitrogens with one attached hydrogen (secondary N) is 1.